The van der Waals surface area contributed by atoms with Gasteiger partial charge in [-0.1, -0.05) is 62.4 Å². The summed E-state index contributed by atoms with van der Waals surface area (Å²) in [5.74, 6) is -1.45. The maximum Gasteiger partial charge on any atom is 0.265 e. The third kappa shape index (κ3) is 10.3. The number of carbonyl (C=O) groups excluding carboxylic acids is 4. The SMILES string of the molecule is CCCN(CCC)C(=O)c1cc(C(=O)NC(Cc2ccccc2)C(O)CN(C)NC(=O)c2ccccc2)cc(C(=O)N(C)C)c1. The molecule has 3 aromatic carbocycles. The Morgan fingerprint density at radius 2 is 1.24 bits per heavy atom. The molecule has 240 valence electrons. The minimum atomic E-state index is -1.09. The molecule has 4 amide bonds. The average Bonchev–Trinajstić information content (AvgIpc) is 3.04. The van der Waals surface area contributed by atoms with E-state index >= 15 is 0 Å². The fourth-order valence-corrected chi connectivity index (χ4v) is 4.99. The van der Waals surface area contributed by atoms with E-state index in [1.54, 1.807) is 50.3 Å². The first-order chi connectivity index (χ1) is 21.5. The molecule has 10 heteroatoms. The van der Waals surface area contributed by atoms with Gasteiger partial charge in [0.2, 0.25) is 0 Å². The number of aliphatic hydroxyl groups excluding tert-OH is 1. The van der Waals surface area contributed by atoms with Crippen LogP contribution in [0.25, 0.3) is 0 Å². The van der Waals surface area contributed by atoms with Crippen LogP contribution in [-0.4, -0.2) is 96.5 Å². The number of aliphatic hydroxyl groups is 1. The van der Waals surface area contributed by atoms with Crippen molar-refractivity contribution >= 4 is 23.6 Å². The van der Waals surface area contributed by atoms with Crippen molar-refractivity contribution in [2.75, 3.05) is 40.8 Å². The van der Waals surface area contributed by atoms with Crippen molar-refractivity contribution in [3.05, 3.63) is 107 Å². The lowest BCUT2D eigenvalue weighted by Gasteiger charge is -2.28. The molecule has 3 rings (SSSR count). The number of hydrogen-bond acceptors (Lipinski definition) is 6. The summed E-state index contributed by atoms with van der Waals surface area (Å²) in [7, 11) is 4.85. The summed E-state index contributed by atoms with van der Waals surface area (Å²) >= 11 is 0. The van der Waals surface area contributed by atoms with E-state index in [1.165, 1.54) is 28.1 Å². The van der Waals surface area contributed by atoms with Crippen LogP contribution in [0.1, 0.15) is 73.7 Å². The summed E-state index contributed by atoms with van der Waals surface area (Å²) in [5.41, 5.74) is 4.71. The minimum absolute atomic E-state index is 0.0161. The summed E-state index contributed by atoms with van der Waals surface area (Å²) < 4.78 is 0. The molecule has 0 bridgehead atoms. The highest BCUT2D eigenvalue weighted by Crippen LogP contribution is 2.17. The van der Waals surface area contributed by atoms with Gasteiger partial charge in [-0.3, -0.25) is 24.6 Å². The Bertz CT molecular complexity index is 1420. The van der Waals surface area contributed by atoms with Crippen LogP contribution in [0.2, 0.25) is 0 Å². The van der Waals surface area contributed by atoms with Crippen LogP contribution in [0.5, 0.6) is 0 Å². The molecule has 2 unspecified atom stereocenters. The summed E-state index contributed by atoms with van der Waals surface area (Å²) in [5, 5.41) is 15.8. The summed E-state index contributed by atoms with van der Waals surface area (Å²) in [6.45, 7) is 5.11. The zero-order valence-corrected chi connectivity index (χ0v) is 26.8. The molecule has 0 aromatic heterocycles. The molecular weight excluding hydrogens is 570 g/mol. The quantitative estimate of drug-likeness (QED) is 0.225. The van der Waals surface area contributed by atoms with Gasteiger partial charge in [-0.25, -0.2) is 5.01 Å². The van der Waals surface area contributed by atoms with Crippen molar-refractivity contribution in [1.82, 2.24) is 25.6 Å². The number of amides is 4. The summed E-state index contributed by atoms with van der Waals surface area (Å²) in [4.78, 5) is 56.1. The van der Waals surface area contributed by atoms with E-state index in [-0.39, 0.29) is 41.0 Å². The lowest BCUT2D eigenvalue weighted by molar-refractivity contribution is 0.0542. The molecule has 0 heterocycles. The van der Waals surface area contributed by atoms with Crippen molar-refractivity contribution in [1.29, 1.82) is 0 Å². The number of nitrogens with one attached hydrogen (secondary N) is 2. The van der Waals surface area contributed by atoms with Gasteiger partial charge in [0.05, 0.1) is 12.1 Å². The second kappa shape index (κ2) is 17.1. The number of carbonyl (C=O) groups is 4. The molecule has 0 radical (unpaired) electrons. The molecule has 0 saturated carbocycles. The molecular formula is C35H45N5O5. The molecule has 0 aliphatic heterocycles. The summed E-state index contributed by atoms with van der Waals surface area (Å²) in [6, 6.07) is 21.9. The Labute approximate surface area is 266 Å². The highest BCUT2D eigenvalue weighted by atomic mass is 16.3. The predicted octanol–water partition coefficient (Wildman–Crippen LogP) is 3.63. The van der Waals surface area contributed by atoms with Gasteiger partial charge in [0.25, 0.3) is 23.6 Å². The molecule has 0 aliphatic rings. The number of nitrogens with zero attached hydrogens (tertiary/aromatic N) is 3. The van der Waals surface area contributed by atoms with E-state index in [9.17, 15) is 24.3 Å². The zero-order chi connectivity index (χ0) is 32.9. The highest BCUT2D eigenvalue weighted by molar-refractivity contribution is 6.04. The Morgan fingerprint density at radius 3 is 1.80 bits per heavy atom. The van der Waals surface area contributed by atoms with E-state index in [1.807, 2.05) is 50.2 Å². The first kappa shape index (κ1) is 34.9. The van der Waals surface area contributed by atoms with Gasteiger partial charge in [-0.15, -0.1) is 0 Å². The van der Waals surface area contributed by atoms with Gasteiger partial charge in [0.15, 0.2) is 0 Å². The molecule has 0 fully saturated rings. The Morgan fingerprint density at radius 1 is 0.711 bits per heavy atom. The second-order valence-corrected chi connectivity index (χ2v) is 11.3. The third-order valence-corrected chi connectivity index (χ3v) is 7.24. The number of benzene rings is 3. The number of likely N-dealkylation sites (N-methyl/N-ethyl adjacent to an activating group) is 1. The van der Waals surface area contributed by atoms with Gasteiger partial charge in [0.1, 0.15) is 0 Å². The zero-order valence-electron chi connectivity index (χ0n) is 26.8. The van der Waals surface area contributed by atoms with Gasteiger partial charge >= 0.3 is 0 Å². The Kier molecular flexibility index (Phi) is 13.3. The molecule has 3 N–H and O–H groups in total. The molecule has 10 nitrogen and oxygen atoms in total. The van der Waals surface area contributed by atoms with E-state index < -0.39 is 18.1 Å². The van der Waals surface area contributed by atoms with E-state index in [2.05, 4.69) is 10.7 Å². The lowest BCUT2D eigenvalue weighted by atomic mass is 9.99. The van der Waals surface area contributed by atoms with Crippen molar-refractivity contribution < 1.29 is 24.3 Å². The van der Waals surface area contributed by atoms with Crippen molar-refractivity contribution in [3.8, 4) is 0 Å². The van der Waals surface area contributed by atoms with Crippen LogP contribution in [-0.2, 0) is 6.42 Å². The summed E-state index contributed by atoms with van der Waals surface area (Å²) in [6.07, 6.45) is 0.757. The van der Waals surface area contributed by atoms with Crippen molar-refractivity contribution in [3.63, 3.8) is 0 Å². The van der Waals surface area contributed by atoms with Crippen LogP contribution >= 0.6 is 0 Å². The largest absolute Gasteiger partial charge is 0.390 e. The second-order valence-electron chi connectivity index (χ2n) is 11.3. The molecule has 2 atom stereocenters. The fourth-order valence-electron chi connectivity index (χ4n) is 4.99. The first-order valence-corrected chi connectivity index (χ1v) is 15.3. The maximum atomic E-state index is 13.8. The van der Waals surface area contributed by atoms with Crippen LogP contribution in [0.3, 0.4) is 0 Å². The van der Waals surface area contributed by atoms with Crippen LogP contribution in [0.4, 0.5) is 0 Å². The molecule has 3 aromatic rings. The van der Waals surface area contributed by atoms with Crippen molar-refractivity contribution in [2.24, 2.45) is 0 Å². The predicted molar refractivity (Wildman–Crippen MR) is 175 cm³/mol. The third-order valence-electron chi connectivity index (χ3n) is 7.24. The van der Waals surface area contributed by atoms with E-state index in [0.29, 0.717) is 25.1 Å². The van der Waals surface area contributed by atoms with Gasteiger partial charge < -0.3 is 20.2 Å². The highest BCUT2D eigenvalue weighted by Gasteiger charge is 2.26. The normalized spacial score (nSPS) is 12.2. The molecule has 0 spiro atoms. The maximum absolute atomic E-state index is 13.8. The molecule has 0 aliphatic carbocycles. The van der Waals surface area contributed by atoms with Crippen LogP contribution < -0.4 is 10.7 Å². The standard InChI is InChI=1S/C35H45N5O5/c1-6-18-40(19-7-2)35(45)29-22-27(21-28(23-29)34(44)38(3)4)32(42)36-30(20-25-14-10-8-11-15-25)31(41)24-39(5)37-33(43)26-16-12-9-13-17-26/h8-17,21-23,30-31,41H,6-7,18-20,24H2,1-5H3,(H,36,42)(H,37,43). The van der Waals surface area contributed by atoms with E-state index in [0.717, 1.165) is 18.4 Å². The number of hydrogen-bond donors (Lipinski definition) is 3. The minimum Gasteiger partial charge on any atom is -0.390 e. The topological polar surface area (TPSA) is 122 Å². The fraction of sp³-hybridized carbons (Fsp3) is 0.371. The molecule has 45 heavy (non-hydrogen) atoms. The van der Waals surface area contributed by atoms with Crippen LogP contribution in [0, 0.1) is 0 Å². The van der Waals surface area contributed by atoms with Gasteiger partial charge in [0, 0.05) is 63.0 Å². The van der Waals surface area contributed by atoms with Gasteiger partial charge in [-0.2, -0.15) is 0 Å². The lowest BCUT2D eigenvalue weighted by Crippen LogP contribution is -2.52. The van der Waals surface area contributed by atoms with Crippen molar-refractivity contribution in [2.45, 2.75) is 45.3 Å². The molecule has 0 saturated heterocycles. The number of rotatable bonds is 15. The number of hydrazine groups is 1. The van der Waals surface area contributed by atoms with Crippen LogP contribution in [0.15, 0.2) is 78.9 Å². The van der Waals surface area contributed by atoms with E-state index in [4.69, 9.17) is 0 Å². The average molecular weight is 616 g/mol. The van der Waals surface area contributed by atoms with Gasteiger partial charge in [-0.05, 0) is 55.2 Å². The smallest absolute Gasteiger partial charge is 0.265 e. The Balaban J connectivity index is 1.89. The first-order valence-electron chi connectivity index (χ1n) is 15.3. The monoisotopic (exact) mass is 615 g/mol. The Hall–Kier alpha value is -4.54.